The molecular weight excluding hydrogens is 263 g/mol. The maximum absolute atomic E-state index is 12.0. The summed E-state index contributed by atoms with van der Waals surface area (Å²) in [6, 6.07) is 0. The molecule has 0 saturated heterocycles. The summed E-state index contributed by atoms with van der Waals surface area (Å²) < 4.78 is 4.90. The first kappa shape index (κ1) is 12.7. The van der Waals surface area contributed by atoms with Gasteiger partial charge in [0.2, 0.25) is 5.78 Å². The minimum Gasteiger partial charge on any atom is -0.493 e. The molecule has 0 bridgehead atoms. The second kappa shape index (κ2) is 4.46. The van der Waals surface area contributed by atoms with Crippen molar-refractivity contribution in [2.24, 2.45) is 5.92 Å². The topological polar surface area (TPSA) is 43.4 Å². The Hall–Kier alpha value is -0.800. The van der Waals surface area contributed by atoms with Crippen LogP contribution in [0.4, 0.5) is 0 Å². The molecular formula is C12H12Cl2O3. The molecule has 3 atom stereocenters. The molecule has 2 rings (SSSR count). The first-order valence-electron chi connectivity index (χ1n) is 5.33. The molecule has 0 aromatic carbocycles. The third-order valence-corrected chi connectivity index (χ3v) is 4.49. The van der Waals surface area contributed by atoms with Gasteiger partial charge in [0, 0.05) is 23.1 Å². The van der Waals surface area contributed by atoms with Crippen LogP contribution in [0, 0.1) is 5.92 Å². The number of carbonyl (C=O) groups is 2. The molecule has 0 heterocycles. The number of allylic oxidation sites excluding steroid dienone is 3. The van der Waals surface area contributed by atoms with Gasteiger partial charge in [-0.15, -0.1) is 23.2 Å². The fourth-order valence-corrected chi connectivity index (χ4v) is 2.90. The Kier molecular flexibility index (Phi) is 3.32. The van der Waals surface area contributed by atoms with Crippen molar-refractivity contribution in [2.75, 3.05) is 7.11 Å². The number of ether oxygens (including phenoxy) is 1. The van der Waals surface area contributed by atoms with E-state index < -0.39 is 0 Å². The summed E-state index contributed by atoms with van der Waals surface area (Å²) in [5, 5.41) is -0.664. The van der Waals surface area contributed by atoms with E-state index in [9.17, 15) is 9.59 Å². The van der Waals surface area contributed by atoms with Crippen molar-refractivity contribution in [2.45, 2.75) is 24.1 Å². The quantitative estimate of drug-likeness (QED) is 0.544. The van der Waals surface area contributed by atoms with Gasteiger partial charge in [0.25, 0.3) is 0 Å². The lowest BCUT2D eigenvalue weighted by atomic mass is 9.77. The van der Waals surface area contributed by atoms with Crippen LogP contribution in [-0.2, 0) is 14.3 Å². The lowest BCUT2D eigenvalue weighted by Crippen LogP contribution is -2.37. The molecule has 17 heavy (non-hydrogen) atoms. The van der Waals surface area contributed by atoms with Gasteiger partial charge in [0.05, 0.1) is 17.9 Å². The molecule has 5 heteroatoms. The minimum atomic E-state index is -0.335. The van der Waals surface area contributed by atoms with E-state index in [0.29, 0.717) is 17.6 Å². The van der Waals surface area contributed by atoms with Crippen molar-refractivity contribution in [3.8, 4) is 0 Å². The fraction of sp³-hybridized carbons (Fsp3) is 0.500. The molecule has 0 N–H and O–H groups in total. The van der Waals surface area contributed by atoms with E-state index in [1.807, 2.05) is 6.92 Å². The van der Waals surface area contributed by atoms with Crippen LogP contribution in [0.1, 0.15) is 13.3 Å². The first-order valence-corrected chi connectivity index (χ1v) is 6.20. The summed E-state index contributed by atoms with van der Waals surface area (Å²) in [5.41, 5.74) is 0.950. The van der Waals surface area contributed by atoms with Crippen molar-refractivity contribution in [3.63, 3.8) is 0 Å². The van der Waals surface area contributed by atoms with E-state index in [1.54, 1.807) is 0 Å². The second-order valence-electron chi connectivity index (χ2n) is 4.25. The van der Waals surface area contributed by atoms with E-state index in [4.69, 9.17) is 27.9 Å². The average molecular weight is 275 g/mol. The van der Waals surface area contributed by atoms with Crippen LogP contribution in [0.5, 0.6) is 0 Å². The number of alkyl halides is 2. The number of hydrogen-bond donors (Lipinski definition) is 0. The Bertz CT molecular complexity index is 451. The standard InChI is InChI=1S/C12H12Cl2O3/c1-5-10-6(3-7(13)11(5)14)12(16)9(17-2)4-8(10)15/h4-5,7,11H,3H2,1-2H3. The summed E-state index contributed by atoms with van der Waals surface area (Å²) in [6.07, 6.45) is 1.55. The molecule has 3 unspecified atom stereocenters. The van der Waals surface area contributed by atoms with Crippen LogP contribution >= 0.6 is 23.2 Å². The van der Waals surface area contributed by atoms with Gasteiger partial charge in [-0.05, 0) is 6.42 Å². The highest BCUT2D eigenvalue weighted by Crippen LogP contribution is 2.40. The summed E-state index contributed by atoms with van der Waals surface area (Å²) in [7, 11) is 1.37. The number of methoxy groups -OCH3 is 1. The number of rotatable bonds is 1. The lowest BCUT2D eigenvalue weighted by Gasteiger charge is -2.33. The number of hydrogen-bond acceptors (Lipinski definition) is 3. The lowest BCUT2D eigenvalue weighted by molar-refractivity contribution is -0.118. The normalized spacial score (nSPS) is 33.4. The molecule has 0 amide bonds. The van der Waals surface area contributed by atoms with Crippen LogP contribution in [-0.4, -0.2) is 29.4 Å². The largest absolute Gasteiger partial charge is 0.493 e. The van der Waals surface area contributed by atoms with E-state index in [2.05, 4.69) is 0 Å². The molecule has 2 aliphatic rings. The number of Topliss-reactive ketones (excluding diaryl/α,β-unsaturated/α-hetero) is 1. The monoisotopic (exact) mass is 274 g/mol. The van der Waals surface area contributed by atoms with Crippen molar-refractivity contribution in [3.05, 3.63) is 23.0 Å². The summed E-state index contributed by atoms with van der Waals surface area (Å²) in [5.74, 6) is -0.576. The molecule has 0 radical (unpaired) electrons. The van der Waals surface area contributed by atoms with Crippen LogP contribution in [0.2, 0.25) is 0 Å². The van der Waals surface area contributed by atoms with Crippen molar-refractivity contribution in [1.82, 2.24) is 0 Å². The van der Waals surface area contributed by atoms with Crippen LogP contribution in [0.25, 0.3) is 0 Å². The Morgan fingerprint density at radius 2 is 2.00 bits per heavy atom. The smallest absolute Gasteiger partial charge is 0.224 e. The number of carbonyl (C=O) groups excluding carboxylic acids is 2. The predicted molar refractivity (Wildman–Crippen MR) is 65.2 cm³/mol. The van der Waals surface area contributed by atoms with Gasteiger partial charge in [-0.3, -0.25) is 9.59 Å². The Morgan fingerprint density at radius 3 is 2.59 bits per heavy atom. The molecule has 3 nitrogen and oxygen atoms in total. The van der Waals surface area contributed by atoms with Crippen LogP contribution in [0.3, 0.4) is 0 Å². The predicted octanol–water partition coefficient (Wildman–Crippen LogP) is 2.22. The first-order chi connectivity index (χ1) is 7.97. The van der Waals surface area contributed by atoms with E-state index in [-0.39, 0.29) is 34.0 Å². The zero-order valence-corrected chi connectivity index (χ0v) is 11.0. The highest BCUT2D eigenvalue weighted by molar-refractivity contribution is 6.32. The third kappa shape index (κ3) is 1.91. The SMILES string of the molecule is COC1=CC(=O)C2=C(CC(Cl)C(Cl)C2C)C1=O. The van der Waals surface area contributed by atoms with Gasteiger partial charge >= 0.3 is 0 Å². The van der Waals surface area contributed by atoms with Crippen molar-refractivity contribution < 1.29 is 14.3 Å². The van der Waals surface area contributed by atoms with Crippen LogP contribution in [0.15, 0.2) is 23.0 Å². The molecule has 0 aliphatic heterocycles. The maximum Gasteiger partial charge on any atom is 0.224 e. The van der Waals surface area contributed by atoms with Gasteiger partial charge in [-0.25, -0.2) is 0 Å². The summed E-state index contributed by atoms with van der Waals surface area (Å²) in [4.78, 5) is 24.0. The van der Waals surface area contributed by atoms with Gasteiger partial charge in [0.1, 0.15) is 0 Å². The van der Waals surface area contributed by atoms with Gasteiger partial charge in [0.15, 0.2) is 11.5 Å². The Balaban J connectivity index is 2.48. The summed E-state index contributed by atoms with van der Waals surface area (Å²) >= 11 is 12.2. The maximum atomic E-state index is 12.0. The molecule has 0 spiro atoms. The highest BCUT2D eigenvalue weighted by atomic mass is 35.5. The second-order valence-corrected chi connectivity index (χ2v) is 5.32. The number of halogens is 2. The average Bonchev–Trinajstić information content (AvgIpc) is 2.30. The molecule has 0 aromatic heterocycles. The third-order valence-electron chi connectivity index (χ3n) is 3.25. The van der Waals surface area contributed by atoms with Crippen molar-refractivity contribution in [1.29, 1.82) is 0 Å². The highest BCUT2D eigenvalue weighted by Gasteiger charge is 2.41. The van der Waals surface area contributed by atoms with Crippen LogP contribution < -0.4 is 0 Å². The molecule has 0 saturated carbocycles. The molecule has 92 valence electrons. The zero-order chi connectivity index (χ0) is 12.7. The Morgan fingerprint density at radius 1 is 1.35 bits per heavy atom. The van der Waals surface area contributed by atoms with E-state index in [0.717, 1.165) is 0 Å². The minimum absolute atomic E-state index is 0.0813. The fourth-order valence-electron chi connectivity index (χ4n) is 2.32. The Labute approximate surface area is 109 Å². The van der Waals surface area contributed by atoms with Gasteiger partial charge in [-0.2, -0.15) is 0 Å². The zero-order valence-electron chi connectivity index (χ0n) is 9.50. The van der Waals surface area contributed by atoms with Gasteiger partial charge < -0.3 is 4.74 Å². The van der Waals surface area contributed by atoms with E-state index >= 15 is 0 Å². The molecule has 0 fully saturated rings. The van der Waals surface area contributed by atoms with Crippen molar-refractivity contribution >= 4 is 34.8 Å². The summed E-state index contributed by atoms with van der Waals surface area (Å²) in [6.45, 7) is 1.82. The van der Waals surface area contributed by atoms with Gasteiger partial charge in [-0.1, -0.05) is 6.92 Å². The number of ketones is 2. The molecule has 2 aliphatic carbocycles. The molecule has 0 aromatic rings. The van der Waals surface area contributed by atoms with E-state index in [1.165, 1.54) is 13.2 Å².